The first-order valence-corrected chi connectivity index (χ1v) is 5.34. The fourth-order valence-corrected chi connectivity index (χ4v) is 1.97. The van der Waals surface area contributed by atoms with Crippen LogP contribution >= 0.6 is 0 Å². The quantitative estimate of drug-likeness (QED) is 0.609. The Labute approximate surface area is 93.5 Å². The molecule has 0 spiro atoms. The molecule has 0 amide bonds. The molecule has 2 rings (SSSR count). The number of nitro benzene ring substituents is 1. The van der Waals surface area contributed by atoms with Gasteiger partial charge in [-0.3, -0.25) is 10.1 Å². The largest absolute Gasteiger partial charge is 0.391 e. The van der Waals surface area contributed by atoms with Crippen LogP contribution in [-0.2, 0) is 0 Å². The Morgan fingerprint density at radius 1 is 1.38 bits per heavy atom. The van der Waals surface area contributed by atoms with Gasteiger partial charge in [0.2, 0.25) is 0 Å². The summed E-state index contributed by atoms with van der Waals surface area (Å²) in [6.07, 6.45) is 1.51. The predicted octanol–water partition coefficient (Wildman–Crippen LogP) is 1.56. The maximum Gasteiger partial charge on any atom is 0.269 e. The maximum atomic E-state index is 10.5. The van der Waals surface area contributed by atoms with Gasteiger partial charge < -0.3 is 10.0 Å². The summed E-state index contributed by atoms with van der Waals surface area (Å²) in [5, 5.41) is 20.0. The monoisotopic (exact) mass is 222 g/mol. The summed E-state index contributed by atoms with van der Waals surface area (Å²) in [7, 11) is 0. The summed E-state index contributed by atoms with van der Waals surface area (Å²) in [5.41, 5.74) is 1.03. The summed E-state index contributed by atoms with van der Waals surface area (Å²) >= 11 is 0. The Morgan fingerprint density at radius 3 is 2.62 bits per heavy atom. The third kappa shape index (κ3) is 2.30. The minimum absolute atomic E-state index is 0.0984. The van der Waals surface area contributed by atoms with Crippen LogP contribution in [0.4, 0.5) is 11.4 Å². The Morgan fingerprint density at radius 2 is 2.06 bits per heavy atom. The topological polar surface area (TPSA) is 66.6 Å². The predicted molar refractivity (Wildman–Crippen MR) is 60.6 cm³/mol. The molecule has 1 aliphatic rings. The van der Waals surface area contributed by atoms with E-state index < -0.39 is 4.92 Å². The average Bonchev–Trinajstić information content (AvgIpc) is 2.29. The number of non-ortho nitro benzene ring substituents is 1. The summed E-state index contributed by atoms with van der Waals surface area (Å²) in [6, 6.07) is 6.46. The lowest BCUT2D eigenvalue weighted by molar-refractivity contribution is -0.384. The molecule has 0 saturated carbocycles. The Kier molecular flexibility index (Phi) is 3.05. The van der Waals surface area contributed by atoms with Crippen LogP contribution in [0.1, 0.15) is 12.8 Å². The van der Waals surface area contributed by atoms with E-state index in [2.05, 4.69) is 4.90 Å². The van der Waals surface area contributed by atoms with Gasteiger partial charge in [0.1, 0.15) is 0 Å². The van der Waals surface area contributed by atoms with Crippen molar-refractivity contribution in [3.05, 3.63) is 34.4 Å². The van der Waals surface area contributed by atoms with E-state index in [0.29, 0.717) is 6.54 Å². The van der Waals surface area contributed by atoms with Crippen LogP contribution in [0.15, 0.2) is 24.3 Å². The minimum Gasteiger partial charge on any atom is -0.391 e. The Bertz CT molecular complexity index is 377. The van der Waals surface area contributed by atoms with Crippen molar-refractivity contribution in [2.45, 2.75) is 18.9 Å². The lowest BCUT2D eigenvalue weighted by atomic mass is 10.1. The summed E-state index contributed by atoms with van der Waals surface area (Å²) in [5.74, 6) is 0. The lowest BCUT2D eigenvalue weighted by Crippen LogP contribution is -2.38. The molecule has 0 radical (unpaired) electrons. The maximum absolute atomic E-state index is 10.5. The van der Waals surface area contributed by atoms with Crippen LogP contribution in [0.2, 0.25) is 0 Å². The molecule has 0 unspecified atom stereocenters. The third-order valence-corrected chi connectivity index (χ3v) is 2.82. The Balaban J connectivity index is 2.11. The van der Waals surface area contributed by atoms with Crippen molar-refractivity contribution in [3.8, 4) is 0 Å². The van der Waals surface area contributed by atoms with Crippen LogP contribution in [0.5, 0.6) is 0 Å². The number of nitro groups is 1. The molecule has 1 heterocycles. The molecule has 1 atom stereocenters. The molecule has 1 aromatic carbocycles. The van der Waals surface area contributed by atoms with Gasteiger partial charge in [-0.25, -0.2) is 0 Å². The van der Waals surface area contributed by atoms with E-state index in [-0.39, 0.29) is 11.8 Å². The van der Waals surface area contributed by atoms with Crippen LogP contribution in [0.25, 0.3) is 0 Å². The fourth-order valence-electron chi connectivity index (χ4n) is 1.97. The van der Waals surface area contributed by atoms with Crippen molar-refractivity contribution in [2.24, 2.45) is 0 Å². The van der Waals surface area contributed by atoms with E-state index in [4.69, 9.17) is 0 Å². The first-order chi connectivity index (χ1) is 7.66. The number of nitrogens with zero attached hydrogens (tertiary/aromatic N) is 2. The van der Waals surface area contributed by atoms with Gasteiger partial charge in [0.25, 0.3) is 5.69 Å². The minimum atomic E-state index is -0.408. The summed E-state index contributed by atoms with van der Waals surface area (Å²) in [4.78, 5) is 12.1. The second-order valence-electron chi connectivity index (χ2n) is 4.02. The van der Waals surface area contributed by atoms with E-state index in [9.17, 15) is 15.2 Å². The van der Waals surface area contributed by atoms with Gasteiger partial charge in [0, 0.05) is 30.9 Å². The number of hydrogen-bond acceptors (Lipinski definition) is 4. The first kappa shape index (κ1) is 10.9. The van der Waals surface area contributed by atoms with Crippen molar-refractivity contribution in [2.75, 3.05) is 18.0 Å². The van der Waals surface area contributed by atoms with E-state index in [1.807, 2.05) is 0 Å². The zero-order valence-corrected chi connectivity index (χ0v) is 8.87. The molecule has 0 aliphatic carbocycles. The number of aliphatic hydroxyl groups is 1. The van der Waals surface area contributed by atoms with Crippen molar-refractivity contribution in [3.63, 3.8) is 0 Å². The molecule has 0 aromatic heterocycles. The molecule has 86 valence electrons. The van der Waals surface area contributed by atoms with E-state index in [1.165, 1.54) is 12.1 Å². The normalized spacial score (nSPS) is 20.8. The molecule has 1 aliphatic heterocycles. The fraction of sp³-hybridized carbons (Fsp3) is 0.455. The zero-order chi connectivity index (χ0) is 11.5. The van der Waals surface area contributed by atoms with Crippen molar-refractivity contribution in [1.29, 1.82) is 0 Å². The summed E-state index contributed by atoms with van der Waals surface area (Å²) in [6.45, 7) is 1.51. The molecule has 16 heavy (non-hydrogen) atoms. The molecule has 1 fully saturated rings. The van der Waals surface area contributed by atoms with Gasteiger partial charge in [0.15, 0.2) is 0 Å². The van der Waals surface area contributed by atoms with Crippen molar-refractivity contribution >= 4 is 11.4 Å². The average molecular weight is 222 g/mol. The van der Waals surface area contributed by atoms with Crippen molar-refractivity contribution < 1.29 is 10.0 Å². The molecule has 0 bridgehead atoms. The second kappa shape index (κ2) is 4.49. The van der Waals surface area contributed by atoms with Gasteiger partial charge in [-0.15, -0.1) is 0 Å². The lowest BCUT2D eigenvalue weighted by Gasteiger charge is -2.31. The first-order valence-electron chi connectivity index (χ1n) is 5.34. The highest BCUT2D eigenvalue weighted by Crippen LogP contribution is 2.22. The number of aliphatic hydroxyl groups excluding tert-OH is 1. The van der Waals surface area contributed by atoms with Crippen LogP contribution in [-0.4, -0.2) is 29.2 Å². The molecule has 1 aromatic rings. The number of rotatable bonds is 2. The SMILES string of the molecule is O=[N+]([O-])c1ccc(N2CCC[C@@H](O)C2)cc1. The zero-order valence-electron chi connectivity index (χ0n) is 8.87. The standard InChI is InChI=1S/C11H14N2O3/c14-11-2-1-7-12(8-11)9-3-5-10(6-4-9)13(15)16/h3-6,11,14H,1-2,7-8H2/t11-/m1/s1. The van der Waals surface area contributed by atoms with Crippen LogP contribution < -0.4 is 4.90 Å². The number of β-amino-alcohol motifs (C(OH)–C–C–N with tert-alkyl or cyclic N) is 1. The molecule has 1 saturated heterocycles. The van der Waals surface area contributed by atoms with Gasteiger partial charge in [0.05, 0.1) is 11.0 Å². The summed E-state index contributed by atoms with van der Waals surface area (Å²) < 4.78 is 0. The van der Waals surface area contributed by atoms with Gasteiger partial charge in [-0.1, -0.05) is 0 Å². The van der Waals surface area contributed by atoms with Gasteiger partial charge >= 0.3 is 0 Å². The van der Waals surface area contributed by atoms with Crippen molar-refractivity contribution in [1.82, 2.24) is 0 Å². The number of benzene rings is 1. The smallest absolute Gasteiger partial charge is 0.269 e. The highest BCUT2D eigenvalue weighted by atomic mass is 16.6. The molecule has 1 N–H and O–H groups in total. The second-order valence-corrected chi connectivity index (χ2v) is 4.02. The van der Waals surface area contributed by atoms with E-state index >= 15 is 0 Å². The molecular formula is C11H14N2O3. The van der Waals surface area contributed by atoms with Crippen LogP contribution in [0.3, 0.4) is 0 Å². The van der Waals surface area contributed by atoms with E-state index in [0.717, 1.165) is 25.1 Å². The number of hydrogen-bond donors (Lipinski definition) is 1. The molecule has 5 heteroatoms. The van der Waals surface area contributed by atoms with Crippen LogP contribution in [0, 0.1) is 10.1 Å². The van der Waals surface area contributed by atoms with Gasteiger partial charge in [-0.05, 0) is 25.0 Å². The number of anilines is 1. The number of piperidine rings is 1. The highest BCUT2D eigenvalue weighted by Gasteiger charge is 2.18. The third-order valence-electron chi connectivity index (χ3n) is 2.82. The molecule has 5 nitrogen and oxygen atoms in total. The van der Waals surface area contributed by atoms with E-state index in [1.54, 1.807) is 12.1 Å². The highest BCUT2D eigenvalue weighted by molar-refractivity contribution is 5.51. The Hall–Kier alpha value is -1.62. The van der Waals surface area contributed by atoms with Gasteiger partial charge in [-0.2, -0.15) is 0 Å². The molecular weight excluding hydrogens is 208 g/mol.